The lowest BCUT2D eigenvalue weighted by molar-refractivity contribution is -0.137. The van der Waals surface area contributed by atoms with Crippen LogP contribution in [0.25, 0.3) is 0 Å². The van der Waals surface area contributed by atoms with E-state index in [0.717, 1.165) is 79.9 Å². The smallest absolute Gasteiger partial charge is 0.303 e. The van der Waals surface area contributed by atoms with E-state index in [0.29, 0.717) is 24.9 Å². The Bertz CT molecular complexity index is 1130. The number of Topliss-reactive ketones (excluding diaryl/α,β-unsaturated/α-hetero) is 1. The zero-order chi connectivity index (χ0) is 28.0. The lowest BCUT2D eigenvalue weighted by Gasteiger charge is -2.34. The van der Waals surface area contributed by atoms with Crippen LogP contribution >= 0.6 is 0 Å². The summed E-state index contributed by atoms with van der Waals surface area (Å²) in [5.74, 6) is 2.04. The molecule has 1 aliphatic heterocycles. The van der Waals surface area contributed by atoms with E-state index in [2.05, 4.69) is 25.7 Å². The zero-order valence-corrected chi connectivity index (χ0v) is 24.1. The molecule has 6 nitrogen and oxygen atoms in total. The molecule has 1 unspecified atom stereocenters. The van der Waals surface area contributed by atoms with Crippen molar-refractivity contribution in [2.24, 2.45) is 17.3 Å². The Balaban J connectivity index is 1.34. The van der Waals surface area contributed by atoms with Crippen LogP contribution in [0.1, 0.15) is 94.0 Å². The molecule has 2 aliphatic rings. The van der Waals surface area contributed by atoms with Crippen molar-refractivity contribution in [3.8, 4) is 11.5 Å². The molecule has 1 atom stereocenters. The van der Waals surface area contributed by atoms with Gasteiger partial charge in [-0.25, -0.2) is 0 Å². The van der Waals surface area contributed by atoms with Gasteiger partial charge in [0, 0.05) is 31.1 Å². The van der Waals surface area contributed by atoms with Gasteiger partial charge in [-0.2, -0.15) is 0 Å². The molecule has 0 radical (unpaired) electrons. The Kier molecular flexibility index (Phi) is 9.58. The fraction of sp³-hybridized carbons (Fsp3) is 0.576. The van der Waals surface area contributed by atoms with Crippen LogP contribution in [0.3, 0.4) is 0 Å². The fourth-order valence-electron chi connectivity index (χ4n) is 5.68. The van der Waals surface area contributed by atoms with E-state index in [1.165, 1.54) is 0 Å². The topological polar surface area (TPSA) is 76.1 Å². The summed E-state index contributed by atoms with van der Waals surface area (Å²) in [6, 6.07) is 13.8. The van der Waals surface area contributed by atoms with Crippen LogP contribution in [-0.2, 0) is 4.79 Å². The van der Waals surface area contributed by atoms with Gasteiger partial charge in [0.1, 0.15) is 11.5 Å². The number of carbonyl (C=O) groups is 2. The molecule has 1 saturated heterocycles. The molecule has 6 heteroatoms. The van der Waals surface area contributed by atoms with Crippen LogP contribution in [0.15, 0.2) is 42.5 Å². The first kappa shape index (κ1) is 29.0. The summed E-state index contributed by atoms with van der Waals surface area (Å²) in [6.45, 7) is 9.01. The maximum Gasteiger partial charge on any atom is 0.303 e. The van der Waals surface area contributed by atoms with Crippen molar-refractivity contribution >= 4 is 17.4 Å². The standard InChI is InChI=1S/C33H45NO5/c1-33(2,3)16-6-9-31(35)28-13-12-26(38-4)20-30(28)34-17-14-23(15-18-34)22-39-27-8-5-7-25(19-27)29(21-32(36)37)24-10-11-24/h5,7-8,12-13,19-20,23-24,29H,6,9-11,14-18,21-22H2,1-4H3,(H,36,37). The van der Waals surface area contributed by atoms with Gasteiger partial charge in [0.2, 0.25) is 0 Å². The zero-order valence-electron chi connectivity index (χ0n) is 24.1. The van der Waals surface area contributed by atoms with Gasteiger partial charge in [0.25, 0.3) is 0 Å². The maximum absolute atomic E-state index is 13.2. The average molecular weight is 536 g/mol. The predicted molar refractivity (Wildman–Crippen MR) is 155 cm³/mol. The van der Waals surface area contributed by atoms with E-state index in [-0.39, 0.29) is 23.5 Å². The summed E-state index contributed by atoms with van der Waals surface area (Å²) in [6.07, 6.45) is 6.85. The molecule has 4 rings (SSSR count). The van der Waals surface area contributed by atoms with Crippen LogP contribution in [-0.4, -0.2) is 43.7 Å². The highest BCUT2D eigenvalue weighted by Gasteiger charge is 2.34. The second-order valence-electron chi connectivity index (χ2n) is 12.6. The van der Waals surface area contributed by atoms with Crippen LogP contribution in [0.4, 0.5) is 5.69 Å². The number of rotatable bonds is 13. The normalized spacial score (nSPS) is 17.1. The number of ether oxygens (including phenoxy) is 2. The molecule has 212 valence electrons. The van der Waals surface area contributed by atoms with Crippen molar-refractivity contribution in [2.45, 2.75) is 78.1 Å². The second kappa shape index (κ2) is 12.9. The summed E-state index contributed by atoms with van der Waals surface area (Å²) in [7, 11) is 1.66. The fourth-order valence-corrected chi connectivity index (χ4v) is 5.68. The van der Waals surface area contributed by atoms with Crippen LogP contribution < -0.4 is 14.4 Å². The Labute approximate surface area is 233 Å². The lowest BCUT2D eigenvalue weighted by Crippen LogP contribution is -2.36. The van der Waals surface area contributed by atoms with Crippen molar-refractivity contribution in [3.63, 3.8) is 0 Å². The summed E-state index contributed by atoms with van der Waals surface area (Å²) in [5, 5.41) is 9.35. The van der Waals surface area contributed by atoms with Crippen LogP contribution in [0.5, 0.6) is 11.5 Å². The van der Waals surface area contributed by atoms with Crippen molar-refractivity contribution in [3.05, 3.63) is 53.6 Å². The molecule has 0 bridgehead atoms. The molecule has 39 heavy (non-hydrogen) atoms. The number of ketones is 1. The number of carboxylic acids is 1. The molecule has 0 aromatic heterocycles. The number of carboxylic acid groups (broad SMARTS) is 1. The van der Waals surface area contributed by atoms with E-state index >= 15 is 0 Å². The number of anilines is 1. The van der Waals surface area contributed by atoms with E-state index in [1.807, 2.05) is 42.5 Å². The minimum atomic E-state index is -0.740. The third kappa shape index (κ3) is 8.48. The summed E-state index contributed by atoms with van der Waals surface area (Å²) in [4.78, 5) is 26.9. The maximum atomic E-state index is 13.2. The highest BCUT2D eigenvalue weighted by molar-refractivity contribution is 6.01. The van der Waals surface area contributed by atoms with E-state index in [9.17, 15) is 14.7 Å². The minimum Gasteiger partial charge on any atom is -0.497 e. The molecular formula is C33H45NO5. The van der Waals surface area contributed by atoms with Crippen molar-refractivity contribution < 1.29 is 24.2 Å². The molecule has 0 amide bonds. The number of piperidine rings is 1. The molecule has 1 aliphatic carbocycles. The molecule has 1 N–H and O–H groups in total. The van der Waals surface area contributed by atoms with Crippen molar-refractivity contribution in [1.82, 2.24) is 0 Å². The molecule has 0 spiro atoms. The molecule has 1 saturated carbocycles. The highest BCUT2D eigenvalue weighted by Crippen LogP contribution is 2.45. The first-order valence-electron chi connectivity index (χ1n) is 14.5. The van der Waals surface area contributed by atoms with E-state index in [1.54, 1.807) is 7.11 Å². The van der Waals surface area contributed by atoms with Gasteiger partial charge in [-0.05, 0) is 91.5 Å². The average Bonchev–Trinajstić information content (AvgIpc) is 3.75. The minimum absolute atomic E-state index is 0.0718. The second-order valence-corrected chi connectivity index (χ2v) is 12.6. The molecule has 1 heterocycles. The highest BCUT2D eigenvalue weighted by atomic mass is 16.5. The molecule has 2 fully saturated rings. The van der Waals surface area contributed by atoms with Gasteiger partial charge in [0.15, 0.2) is 5.78 Å². The molecular weight excluding hydrogens is 490 g/mol. The van der Waals surface area contributed by atoms with Gasteiger partial charge >= 0.3 is 5.97 Å². The summed E-state index contributed by atoms with van der Waals surface area (Å²) >= 11 is 0. The number of hydrogen-bond acceptors (Lipinski definition) is 5. The van der Waals surface area contributed by atoms with Gasteiger partial charge in [-0.3, -0.25) is 9.59 Å². The summed E-state index contributed by atoms with van der Waals surface area (Å²) < 4.78 is 11.7. The number of methoxy groups -OCH3 is 1. The van der Waals surface area contributed by atoms with E-state index < -0.39 is 5.97 Å². The monoisotopic (exact) mass is 535 g/mol. The van der Waals surface area contributed by atoms with Crippen molar-refractivity contribution in [1.29, 1.82) is 0 Å². The van der Waals surface area contributed by atoms with Crippen molar-refractivity contribution in [2.75, 3.05) is 31.7 Å². The number of carbonyl (C=O) groups excluding carboxylic acids is 1. The first-order valence-corrected chi connectivity index (χ1v) is 14.5. The van der Waals surface area contributed by atoms with Gasteiger partial charge in [0.05, 0.1) is 25.8 Å². The SMILES string of the molecule is COc1ccc(C(=O)CCCC(C)(C)C)c(N2CCC(COc3cccc(C(CC(=O)O)C4CC4)c3)CC2)c1. The third-order valence-electron chi connectivity index (χ3n) is 8.15. The Morgan fingerprint density at radius 1 is 1.03 bits per heavy atom. The quantitative estimate of drug-likeness (QED) is 0.270. The lowest BCUT2D eigenvalue weighted by atomic mass is 9.88. The number of aliphatic carboxylic acids is 1. The first-order chi connectivity index (χ1) is 18.6. The van der Waals surface area contributed by atoms with Crippen LogP contribution in [0.2, 0.25) is 0 Å². The third-order valence-corrected chi connectivity index (χ3v) is 8.15. The molecule has 2 aromatic carbocycles. The predicted octanol–water partition coefficient (Wildman–Crippen LogP) is 7.36. The summed E-state index contributed by atoms with van der Waals surface area (Å²) in [5.41, 5.74) is 3.07. The Morgan fingerprint density at radius 3 is 2.41 bits per heavy atom. The molecule has 2 aromatic rings. The van der Waals surface area contributed by atoms with Crippen LogP contribution in [0, 0.1) is 17.3 Å². The number of nitrogens with zero attached hydrogens (tertiary/aromatic N) is 1. The Morgan fingerprint density at radius 2 is 1.77 bits per heavy atom. The largest absolute Gasteiger partial charge is 0.497 e. The number of hydrogen-bond donors (Lipinski definition) is 1. The van der Waals surface area contributed by atoms with E-state index in [4.69, 9.17) is 9.47 Å². The number of benzene rings is 2. The van der Waals surface area contributed by atoms with Gasteiger partial charge in [-0.15, -0.1) is 0 Å². The van der Waals surface area contributed by atoms with Gasteiger partial charge < -0.3 is 19.5 Å². The van der Waals surface area contributed by atoms with Gasteiger partial charge in [-0.1, -0.05) is 32.9 Å². The Hall–Kier alpha value is -3.02.